The second kappa shape index (κ2) is 6.73. The van der Waals surface area contributed by atoms with Crippen LogP contribution in [0.4, 0.5) is 5.82 Å². The van der Waals surface area contributed by atoms with Crippen LogP contribution in [-0.2, 0) is 18.4 Å². The van der Waals surface area contributed by atoms with E-state index in [4.69, 9.17) is 0 Å². The molecule has 0 aromatic carbocycles. The van der Waals surface area contributed by atoms with E-state index >= 15 is 0 Å². The van der Waals surface area contributed by atoms with E-state index < -0.39 is 0 Å². The zero-order chi connectivity index (χ0) is 17.3. The predicted molar refractivity (Wildman–Crippen MR) is 93.6 cm³/mol. The van der Waals surface area contributed by atoms with Crippen molar-refractivity contribution in [3.05, 3.63) is 41.3 Å². The molecule has 2 aromatic rings. The molecule has 6 nitrogen and oxygen atoms in total. The maximum atomic E-state index is 12.6. The smallest absolute Gasteiger partial charge is 0.242 e. The number of nitrogens with zero attached hydrogens (tertiary/aromatic N) is 4. The van der Waals surface area contributed by atoms with Gasteiger partial charge in [-0.3, -0.25) is 14.4 Å². The number of amides is 1. The number of aromatic nitrogens is 3. The van der Waals surface area contributed by atoms with Crippen molar-refractivity contribution in [2.75, 3.05) is 5.32 Å². The Morgan fingerprint density at radius 2 is 2.17 bits per heavy atom. The molecule has 1 saturated carbocycles. The van der Waals surface area contributed by atoms with E-state index in [2.05, 4.69) is 27.2 Å². The predicted octanol–water partition coefficient (Wildman–Crippen LogP) is 2.42. The minimum absolute atomic E-state index is 0.0141. The summed E-state index contributed by atoms with van der Waals surface area (Å²) in [5, 5.41) is 7.41. The molecule has 0 spiro atoms. The lowest BCUT2D eigenvalue weighted by molar-refractivity contribution is -0.121. The van der Waals surface area contributed by atoms with Crippen molar-refractivity contribution in [3.63, 3.8) is 0 Å². The number of nitrogens with one attached hydrogen (secondary N) is 1. The van der Waals surface area contributed by atoms with E-state index in [1.807, 2.05) is 43.8 Å². The molecular weight excluding hydrogens is 302 g/mol. The number of rotatable bonds is 6. The third-order valence-corrected chi connectivity index (χ3v) is 4.81. The van der Waals surface area contributed by atoms with Gasteiger partial charge in [0.25, 0.3) is 0 Å². The molecule has 0 bridgehead atoms. The van der Waals surface area contributed by atoms with Crippen LogP contribution in [0.25, 0.3) is 0 Å². The largest absolute Gasteiger partial charge is 0.309 e. The molecule has 0 aliphatic heterocycles. The summed E-state index contributed by atoms with van der Waals surface area (Å²) in [6.07, 6.45) is 3.99. The van der Waals surface area contributed by atoms with E-state index in [-0.39, 0.29) is 11.9 Å². The number of aryl methyl sites for hydroxylation is 2. The number of carbonyl (C=O) groups is 1. The van der Waals surface area contributed by atoms with Crippen molar-refractivity contribution >= 4 is 11.7 Å². The van der Waals surface area contributed by atoms with Crippen LogP contribution in [0.3, 0.4) is 0 Å². The van der Waals surface area contributed by atoms with Crippen molar-refractivity contribution in [1.29, 1.82) is 0 Å². The second-order valence-corrected chi connectivity index (χ2v) is 6.56. The van der Waals surface area contributed by atoms with Gasteiger partial charge >= 0.3 is 0 Å². The SMILES string of the molecule is Cc1nn(C)c(C)c1CN(C1CC1)[C@@H](C)C(=O)Nc1ccccn1. The highest BCUT2D eigenvalue weighted by Gasteiger charge is 2.36. The molecule has 1 amide bonds. The molecule has 0 unspecified atom stereocenters. The van der Waals surface area contributed by atoms with Gasteiger partial charge in [-0.15, -0.1) is 0 Å². The van der Waals surface area contributed by atoms with Crippen molar-refractivity contribution in [2.24, 2.45) is 7.05 Å². The maximum absolute atomic E-state index is 12.6. The van der Waals surface area contributed by atoms with E-state index in [1.54, 1.807) is 6.20 Å². The number of anilines is 1. The van der Waals surface area contributed by atoms with E-state index in [0.29, 0.717) is 11.9 Å². The van der Waals surface area contributed by atoms with Gasteiger partial charge in [-0.1, -0.05) is 6.07 Å². The summed E-state index contributed by atoms with van der Waals surface area (Å²) in [5.41, 5.74) is 3.43. The topological polar surface area (TPSA) is 63.1 Å². The van der Waals surface area contributed by atoms with Gasteiger partial charge in [0.1, 0.15) is 5.82 Å². The maximum Gasteiger partial charge on any atom is 0.242 e. The molecule has 2 heterocycles. The first-order valence-electron chi connectivity index (χ1n) is 8.44. The first kappa shape index (κ1) is 16.6. The van der Waals surface area contributed by atoms with Gasteiger partial charge in [0.15, 0.2) is 0 Å². The highest BCUT2D eigenvalue weighted by atomic mass is 16.2. The average molecular weight is 327 g/mol. The van der Waals surface area contributed by atoms with Gasteiger partial charge in [0.05, 0.1) is 11.7 Å². The highest BCUT2D eigenvalue weighted by Crippen LogP contribution is 2.31. The number of pyridine rings is 1. The molecule has 1 aliphatic rings. The second-order valence-electron chi connectivity index (χ2n) is 6.56. The molecule has 0 radical (unpaired) electrons. The van der Waals surface area contributed by atoms with Crippen LogP contribution in [0.15, 0.2) is 24.4 Å². The van der Waals surface area contributed by atoms with Gasteiger partial charge < -0.3 is 5.32 Å². The molecule has 1 N–H and O–H groups in total. The summed E-state index contributed by atoms with van der Waals surface area (Å²) in [6, 6.07) is 5.78. The normalized spacial score (nSPS) is 15.5. The quantitative estimate of drug-likeness (QED) is 0.885. The Morgan fingerprint density at radius 1 is 1.42 bits per heavy atom. The number of hydrogen-bond donors (Lipinski definition) is 1. The number of carbonyl (C=O) groups excluding carboxylic acids is 1. The fourth-order valence-corrected chi connectivity index (χ4v) is 3.04. The van der Waals surface area contributed by atoms with Gasteiger partial charge in [-0.2, -0.15) is 5.10 Å². The fourth-order valence-electron chi connectivity index (χ4n) is 3.04. The summed E-state index contributed by atoms with van der Waals surface area (Å²) in [7, 11) is 1.96. The molecule has 1 atom stereocenters. The Balaban J connectivity index is 1.74. The molecule has 24 heavy (non-hydrogen) atoms. The van der Waals surface area contributed by atoms with Crippen molar-refractivity contribution in [1.82, 2.24) is 19.7 Å². The first-order chi connectivity index (χ1) is 11.5. The summed E-state index contributed by atoms with van der Waals surface area (Å²) in [5.74, 6) is 0.582. The third kappa shape index (κ3) is 3.48. The molecule has 0 saturated heterocycles. The van der Waals surface area contributed by atoms with Gasteiger partial charge in [-0.05, 0) is 45.7 Å². The lowest BCUT2D eigenvalue weighted by atomic mass is 10.1. The Labute approximate surface area is 142 Å². The molecule has 1 aliphatic carbocycles. The lowest BCUT2D eigenvalue weighted by Gasteiger charge is -2.28. The summed E-state index contributed by atoms with van der Waals surface area (Å²) < 4.78 is 1.91. The molecule has 3 rings (SSSR count). The number of hydrogen-bond acceptors (Lipinski definition) is 4. The van der Waals surface area contributed by atoms with Gasteiger partial charge in [0.2, 0.25) is 5.91 Å². The molecular formula is C18H25N5O. The fraction of sp³-hybridized carbons (Fsp3) is 0.500. The monoisotopic (exact) mass is 327 g/mol. The van der Waals surface area contributed by atoms with Crippen molar-refractivity contribution < 1.29 is 4.79 Å². The van der Waals surface area contributed by atoms with Crippen LogP contribution >= 0.6 is 0 Å². The minimum Gasteiger partial charge on any atom is -0.309 e. The van der Waals surface area contributed by atoms with Crippen LogP contribution in [0.2, 0.25) is 0 Å². The third-order valence-electron chi connectivity index (χ3n) is 4.81. The zero-order valence-electron chi connectivity index (χ0n) is 14.8. The van der Waals surface area contributed by atoms with Gasteiger partial charge in [0, 0.05) is 37.1 Å². The standard InChI is InChI=1S/C18H25N5O/c1-12-16(13(2)22(4)21-12)11-23(15-8-9-15)14(3)18(24)20-17-7-5-6-10-19-17/h5-7,10,14-15H,8-9,11H2,1-4H3,(H,19,20,24)/t14-/m0/s1. The van der Waals surface area contributed by atoms with Crippen LogP contribution in [0.5, 0.6) is 0 Å². The minimum atomic E-state index is -0.210. The first-order valence-corrected chi connectivity index (χ1v) is 8.44. The Hall–Kier alpha value is -2.21. The molecule has 128 valence electrons. The molecule has 6 heteroatoms. The Morgan fingerprint density at radius 3 is 2.71 bits per heavy atom. The summed E-state index contributed by atoms with van der Waals surface area (Å²) in [4.78, 5) is 19.1. The van der Waals surface area contributed by atoms with E-state index in [0.717, 1.165) is 30.8 Å². The van der Waals surface area contributed by atoms with Crippen LogP contribution in [-0.4, -0.2) is 37.7 Å². The molecule has 2 aromatic heterocycles. The zero-order valence-corrected chi connectivity index (χ0v) is 14.8. The van der Waals surface area contributed by atoms with E-state index in [9.17, 15) is 4.79 Å². The Kier molecular flexibility index (Phi) is 4.66. The molecule has 1 fully saturated rings. The highest BCUT2D eigenvalue weighted by molar-refractivity contribution is 5.93. The van der Waals surface area contributed by atoms with Crippen molar-refractivity contribution in [3.8, 4) is 0 Å². The van der Waals surface area contributed by atoms with Crippen LogP contribution in [0.1, 0.15) is 36.7 Å². The van der Waals surface area contributed by atoms with Gasteiger partial charge in [-0.25, -0.2) is 4.98 Å². The Bertz CT molecular complexity index is 721. The van der Waals surface area contributed by atoms with E-state index in [1.165, 1.54) is 5.56 Å². The summed E-state index contributed by atoms with van der Waals surface area (Å²) >= 11 is 0. The van der Waals surface area contributed by atoms with Crippen molar-refractivity contribution in [2.45, 2.75) is 52.2 Å². The summed E-state index contributed by atoms with van der Waals surface area (Å²) in [6.45, 7) is 6.84. The van der Waals surface area contributed by atoms with Crippen LogP contribution < -0.4 is 5.32 Å². The lowest BCUT2D eigenvalue weighted by Crippen LogP contribution is -2.43. The van der Waals surface area contributed by atoms with Crippen LogP contribution in [0, 0.1) is 13.8 Å². The average Bonchev–Trinajstić information content (AvgIpc) is 3.36.